The first-order valence-electron chi connectivity index (χ1n) is 7.21. The SMILES string of the molecule is CNC1CCCN(CC(=O)Nc2ccc(S(N)(=O)=O)cc2)C1. The Morgan fingerprint density at radius 1 is 1.36 bits per heavy atom. The predicted molar refractivity (Wildman–Crippen MR) is 85.0 cm³/mol. The molecule has 1 atom stereocenters. The van der Waals surface area contributed by atoms with Crippen molar-refractivity contribution in [1.82, 2.24) is 10.2 Å². The molecule has 0 radical (unpaired) electrons. The van der Waals surface area contributed by atoms with Gasteiger partial charge in [0.2, 0.25) is 15.9 Å². The lowest BCUT2D eigenvalue weighted by Crippen LogP contribution is -2.46. The fourth-order valence-corrected chi connectivity index (χ4v) is 3.08. The normalized spacial score (nSPS) is 19.8. The van der Waals surface area contributed by atoms with Gasteiger partial charge in [-0.05, 0) is 50.7 Å². The number of amides is 1. The van der Waals surface area contributed by atoms with Gasteiger partial charge in [0.15, 0.2) is 0 Å². The second-order valence-electron chi connectivity index (χ2n) is 5.48. The van der Waals surface area contributed by atoms with Crippen LogP contribution in [0.3, 0.4) is 0 Å². The van der Waals surface area contributed by atoms with Crippen molar-refractivity contribution in [2.24, 2.45) is 5.14 Å². The Morgan fingerprint density at radius 2 is 2.05 bits per heavy atom. The van der Waals surface area contributed by atoms with Gasteiger partial charge < -0.3 is 10.6 Å². The van der Waals surface area contributed by atoms with E-state index in [0.29, 0.717) is 18.3 Å². The number of nitrogens with one attached hydrogen (secondary N) is 2. The van der Waals surface area contributed by atoms with Crippen LogP contribution in [0.1, 0.15) is 12.8 Å². The van der Waals surface area contributed by atoms with Crippen molar-refractivity contribution >= 4 is 21.6 Å². The molecule has 1 aliphatic rings. The van der Waals surface area contributed by atoms with Crippen LogP contribution in [0.15, 0.2) is 29.2 Å². The summed E-state index contributed by atoms with van der Waals surface area (Å²) in [6, 6.07) is 6.25. The highest BCUT2D eigenvalue weighted by Crippen LogP contribution is 2.13. The number of rotatable bonds is 5. The molecule has 22 heavy (non-hydrogen) atoms. The first-order chi connectivity index (χ1) is 10.4. The number of likely N-dealkylation sites (N-methyl/N-ethyl adjacent to an activating group) is 1. The number of hydrogen-bond acceptors (Lipinski definition) is 5. The summed E-state index contributed by atoms with van der Waals surface area (Å²) in [6.07, 6.45) is 2.20. The first kappa shape index (κ1) is 16.9. The lowest BCUT2D eigenvalue weighted by atomic mass is 10.1. The van der Waals surface area contributed by atoms with Crippen LogP contribution in [-0.2, 0) is 14.8 Å². The zero-order valence-corrected chi connectivity index (χ0v) is 13.4. The van der Waals surface area contributed by atoms with Crippen LogP contribution in [0.4, 0.5) is 5.69 Å². The highest BCUT2D eigenvalue weighted by atomic mass is 32.2. The Kier molecular flexibility index (Phi) is 5.52. The summed E-state index contributed by atoms with van der Waals surface area (Å²) in [6.45, 7) is 2.10. The van der Waals surface area contributed by atoms with E-state index in [1.54, 1.807) is 0 Å². The average molecular weight is 326 g/mol. The molecule has 0 spiro atoms. The summed E-state index contributed by atoms with van der Waals surface area (Å²) in [7, 11) is -1.78. The molecular weight excluding hydrogens is 304 g/mol. The van der Waals surface area contributed by atoms with Crippen LogP contribution in [0.5, 0.6) is 0 Å². The van der Waals surface area contributed by atoms with E-state index >= 15 is 0 Å². The Bertz CT molecular complexity index is 615. The third kappa shape index (κ3) is 4.77. The third-order valence-corrected chi connectivity index (χ3v) is 4.68. The third-order valence-electron chi connectivity index (χ3n) is 3.75. The van der Waals surface area contributed by atoms with E-state index < -0.39 is 10.0 Å². The number of likely N-dealkylation sites (tertiary alicyclic amines) is 1. The first-order valence-corrected chi connectivity index (χ1v) is 8.75. The molecule has 122 valence electrons. The minimum atomic E-state index is -3.71. The molecule has 2 rings (SSSR count). The molecule has 4 N–H and O–H groups in total. The molecule has 1 unspecified atom stereocenters. The molecule has 1 aromatic carbocycles. The molecule has 1 heterocycles. The molecule has 0 aromatic heterocycles. The van der Waals surface area contributed by atoms with Gasteiger partial charge in [0.25, 0.3) is 0 Å². The Balaban J connectivity index is 1.89. The molecule has 0 saturated carbocycles. The molecule has 7 nitrogen and oxygen atoms in total. The number of nitrogens with zero attached hydrogens (tertiary/aromatic N) is 1. The molecule has 1 fully saturated rings. The maximum Gasteiger partial charge on any atom is 0.238 e. The fourth-order valence-electron chi connectivity index (χ4n) is 2.57. The molecule has 1 aliphatic heterocycles. The number of primary sulfonamides is 1. The van der Waals surface area contributed by atoms with Crippen molar-refractivity contribution in [1.29, 1.82) is 0 Å². The largest absolute Gasteiger partial charge is 0.325 e. The van der Waals surface area contributed by atoms with Crippen LogP contribution in [0.2, 0.25) is 0 Å². The van der Waals surface area contributed by atoms with Gasteiger partial charge in [-0.2, -0.15) is 0 Å². The standard InChI is InChI=1S/C14H22N4O3S/c1-16-12-3-2-8-18(9-12)10-14(19)17-11-4-6-13(7-5-11)22(15,20)21/h4-7,12,16H,2-3,8-10H2,1H3,(H,17,19)(H2,15,20,21). The highest BCUT2D eigenvalue weighted by molar-refractivity contribution is 7.89. The van der Waals surface area contributed by atoms with Gasteiger partial charge >= 0.3 is 0 Å². The molecule has 0 bridgehead atoms. The topological polar surface area (TPSA) is 105 Å². The molecule has 8 heteroatoms. The zero-order valence-electron chi connectivity index (χ0n) is 12.6. The Morgan fingerprint density at radius 3 is 2.64 bits per heavy atom. The molecule has 1 saturated heterocycles. The average Bonchev–Trinajstić information content (AvgIpc) is 2.47. The van der Waals surface area contributed by atoms with Crippen molar-refractivity contribution in [2.45, 2.75) is 23.8 Å². The van der Waals surface area contributed by atoms with Crippen LogP contribution < -0.4 is 15.8 Å². The summed E-state index contributed by atoms with van der Waals surface area (Å²) in [5.41, 5.74) is 0.555. The number of carbonyl (C=O) groups is 1. The maximum absolute atomic E-state index is 12.0. The van der Waals surface area contributed by atoms with E-state index in [1.165, 1.54) is 24.3 Å². The molecular formula is C14H22N4O3S. The van der Waals surface area contributed by atoms with E-state index in [0.717, 1.165) is 25.9 Å². The predicted octanol–water partition coefficient (Wildman–Crippen LogP) is -0.0437. The second-order valence-corrected chi connectivity index (χ2v) is 7.04. The van der Waals surface area contributed by atoms with Crippen molar-refractivity contribution in [2.75, 3.05) is 32.0 Å². The smallest absolute Gasteiger partial charge is 0.238 e. The van der Waals surface area contributed by atoms with E-state index in [1.807, 2.05) is 7.05 Å². The number of benzene rings is 1. The summed E-state index contributed by atoms with van der Waals surface area (Å²) in [4.78, 5) is 14.2. The van der Waals surface area contributed by atoms with Gasteiger partial charge in [-0.15, -0.1) is 0 Å². The van der Waals surface area contributed by atoms with E-state index in [4.69, 9.17) is 5.14 Å². The Labute approximate surface area is 130 Å². The second kappa shape index (κ2) is 7.19. The van der Waals surface area contributed by atoms with Crippen LogP contribution in [0, 0.1) is 0 Å². The quantitative estimate of drug-likeness (QED) is 0.704. The summed E-state index contributed by atoms with van der Waals surface area (Å²) < 4.78 is 22.3. The maximum atomic E-state index is 12.0. The molecule has 1 aromatic rings. The van der Waals surface area contributed by atoms with Gasteiger partial charge in [0, 0.05) is 18.3 Å². The van der Waals surface area contributed by atoms with Crippen molar-refractivity contribution in [3.8, 4) is 0 Å². The number of hydrogen-bond donors (Lipinski definition) is 3. The van der Waals surface area contributed by atoms with Gasteiger partial charge in [0.1, 0.15) is 0 Å². The lowest BCUT2D eigenvalue weighted by Gasteiger charge is -2.31. The van der Waals surface area contributed by atoms with Crippen molar-refractivity contribution < 1.29 is 13.2 Å². The minimum absolute atomic E-state index is 0.0263. The zero-order chi connectivity index (χ0) is 16.2. The number of anilines is 1. The summed E-state index contributed by atoms with van der Waals surface area (Å²) in [5.74, 6) is -0.111. The van der Waals surface area contributed by atoms with Gasteiger partial charge in [-0.25, -0.2) is 13.6 Å². The van der Waals surface area contributed by atoms with Crippen LogP contribution in [-0.4, -0.2) is 51.9 Å². The van der Waals surface area contributed by atoms with Gasteiger partial charge in [-0.1, -0.05) is 0 Å². The van der Waals surface area contributed by atoms with Gasteiger partial charge in [0.05, 0.1) is 11.4 Å². The molecule has 0 aliphatic carbocycles. The summed E-state index contributed by atoms with van der Waals surface area (Å²) >= 11 is 0. The van der Waals surface area contributed by atoms with Crippen LogP contribution >= 0.6 is 0 Å². The number of piperidine rings is 1. The number of nitrogens with two attached hydrogens (primary N) is 1. The van der Waals surface area contributed by atoms with E-state index in [-0.39, 0.29) is 10.8 Å². The van der Waals surface area contributed by atoms with Crippen molar-refractivity contribution in [3.05, 3.63) is 24.3 Å². The monoisotopic (exact) mass is 326 g/mol. The van der Waals surface area contributed by atoms with Gasteiger partial charge in [-0.3, -0.25) is 9.69 Å². The van der Waals surface area contributed by atoms with Crippen LogP contribution in [0.25, 0.3) is 0 Å². The van der Waals surface area contributed by atoms with E-state index in [2.05, 4.69) is 15.5 Å². The Hall–Kier alpha value is -1.48. The minimum Gasteiger partial charge on any atom is -0.325 e. The fraction of sp³-hybridized carbons (Fsp3) is 0.500. The molecule has 1 amide bonds. The number of sulfonamides is 1. The number of carbonyl (C=O) groups excluding carboxylic acids is 1. The summed E-state index contributed by atoms with van der Waals surface area (Å²) in [5, 5.41) is 11.0. The van der Waals surface area contributed by atoms with Crippen molar-refractivity contribution in [3.63, 3.8) is 0 Å². The highest BCUT2D eigenvalue weighted by Gasteiger charge is 2.20. The lowest BCUT2D eigenvalue weighted by molar-refractivity contribution is -0.117. The van der Waals surface area contributed by atoms with E-state index in [9.17, 15) is 13.2 Å².